The zero-order valence-corrected chi connectivity index (χ0v) is 10.7. The Balaban J connectivity index is 2.82. The predicted octanol–water partition coefficient (Wildman–Crippen LogP) is 3.30. The van der Waals surface area contributed by atoms with Crippen molar-refractivity contribution in [2.75, 3.05) is 17.3 Å². The average Bonchev–Trinajstić information content (AvgIpc) is 2.15. The van der Waals surface area contributed by atoms with E-state index in [1.807, 2.05) is 12.1 Å². The number of pyridine rings is 1. The third-order valence-corrected chi connectivity index (χ3v) is 2.59. The predicted molar refractivity (Wildman–Crippen MR) is 65.1 cm³/mol. The number of halogens is 2. The van der Waals surface area contributed by atoms with Gasteiger partial charge in [-0.1, -0.05) is 0 Å². The smallest absolute Gasteiger partial charge is 0.128 e. The van der Waals surface area contributed by atoms with Crippen LogP contribution < -0.4 is 4.90 Å². The standard InChI is InChI=1S/C10H14BrClN2/c1-8(2)14(6-5-12)10-4-3-9(11)7-13-10/h3-4,7-8H,5-6H2,1-2H3. The van der Waals surface area contributed by atoms with Crippen LogP contribution in [0.15, 0.2) is 22.8 Å². The molecule has 0 aliphatic heterocycles. The highest BCUT2D eigenvalue weighted by atomic mass is 79.9. The third-order valence-electron chi connectivity index (χ3n) is 1.95. The molecule has 0 aliphatic carbocycles. The van der Waals surface area contributed by atoms with Gasteiger partial charge in [-0.25, -0.2) is 4.98 Å². The maximum Gasteiger partial charge on any atom is 0.128 e. The molecule has 2 nitrogen and oxygen atoms in total. The Morgan fingerprint density at radius 3 is 2.64 bits per heavy atom. The van der Waals surface area contributed by atoms with E-state index >= 15 is 0 Å². The molecule has 1 heterocycles. The molecule has 0 aliphatic rings. The van der Waals surface area contributed by atoms with Crippen LogP contribution in [-0.2, 0) is 0 Å². The summed E-state index contributed by atoms with van der Waals surface area (Å²) in [6.45, 7) is 5.10. The molecule has 0 saturated carbocycles. The molecule has 1 rings (SSSR count). The number of hydrogen-bond acceptors (Lipinski definition) is 2. The Morgan fingerprint density at radius 1 is 1.50 bits per heavy atom. The van der Waals surface area contributed by atoms with E-state index in [1.165, 1.54) is 0 Å². The maximum atomic E-state index is 5.74. The molecule has 0 unspecified atom stereocenters. The van der Waals surface area contributed by atoms with Crippen molar-refractivity contribution >= 4 is 33.3 Å². The molecular weight excluding hydrogens is 263 g/mol. The first-order valence-corrected chi connectivity index (χ1v) is 5.92. The van der Waals surface area contributed by atoms with Gasteiger partial charge in [0.15, 0.2) is 0 Å². The quantitative estimate of drug-likeness (QED) is 0.785. The van der Waals surface area contributed by atoms with Crippen molar-refractivity contribution in [1.82, 2.24) is 4.98 Å². The minimum Gasteiger partial charge on any atom is -0.353 e. The van der Waals surface area contributed by atoms with Gasteiger partial charge < -0.3 is 4.90 Å². The number of hydrogen-bond donors (Lipinski definition) is 0. The SMILES string of the molecule is CC(C)N(CCCl)c1ccc(Br)cn1. The minimum atomic E-state index is 0.419. The van der Waals surface area contributed by atoms with Crippen LogP contribution in [0.3, 0.4) is 0 Å². The largest absolute Gasteiger partial charge is 0.353 e. The van der Waals surface area contributed by atoms with Crippen LogP contribution in [0.2, 0.25) is 0 Å². The van der Waals surface area contributed by atoms with Crippen molar-refractivity contribution in [3.8, 4) is 0 Å². The van der Waals surface area contributed by atoms with Crippen LogP contribution in [0, 0.1) is 0 Å². The van der Waals surface area contributed by atoms with Crippen molar-refractivity contribution in [1.29, 1.82) is 0 Å². The van der Waals surface area contributed by atoms with E-state index in [0.29, 0.717) is 11.9 Å². The molecule has 0 saturated heterocycles. The summed E-state index contributed by atoms with van der Waals surface area (Å²) in [5.74, 6) is 1.60. The fourth-order valence-corrected chi connectivity index (χ4v) is 1.68. The Hall–Kier alpha value is -0.280. The molecule has 0 fully saturated rings. The monoisotopic (exact) mass is 276 g/mol. The van der Waals surface area contributed by atoms with Gasteiger partial charge >= 0.3 is 0 Å². The van der Waals surface area contributed by atoms with Crippen molar-refractivity contribution in [3.05, 3.63) is 22.8 Å². The molecule has 0 N–H and O–H groups in total. The zero-order chi connectivity index (χ0) is 10.6. The van der Waals surface area contributed by atoms with Gasteiger partial charge in [0, 0.05) is 29.1 Å². The van der Waals surface area contributed by atoms with Gasteiger partial charge in [-0.3, -0.25) is 0 Å². The summed E-state index contributed by atoms with van der Waals surface area (Å²) in [6, 6.07) is 4.41. The maximum absolute atomic E-state index is 5.74. The van der Waals surface area contributed by atoms with Gasteiger partial charge in [-0.2, -0.15) is 0 Å². The fourth-order valence-electron chi connectivity index (χ4n) is 1.27. The molecule has 0 atom stereocenters. The van der Waals surface area contributed by atoms with Crippen LogP contribution in [-0.4, -0.2) is 23.5 Å². The molecule has 0 amide bonds. The highest BCUT2D eigenvalue weighted by molar-refractivity contribution is 9.10. The van der Waals surface area contributed by atoms with Crippen LogP contribution >= 0.6 is 27.5 Å². The summed E-state index contributed by atoms with van der Waals surface area (Å²) in [5, 5.41) is 0. The first-order chi connectivity index (χ1) is 6.65. The van der Waals surface area contributed by atoms with Crippen LogP contribution in [0.25, 0.3) is 0 Å². The molecule has 1 aromatic rings. The number of aromatic nitrogens is 1. The van der Waals surface area contributed by atoms with Gasteiger partial charge in [0.25, 0.3) is 0 Å². The van der Waals surface area contributed by atoms with E-state index in [2.05, 4.69) is 39.7 Å². The highest BCUT2D eigenvalue weighted by Gasteiger charge is 2.10. The van der Waals surface area contributed by atoms with Crippen molar-refractivity contribution < 1.29 is 0 Å². The fraction of sp³-hybridized carbons (Fsp3) is 0.500. The number of anilines is 1. The van der Waals surface area contributed by atoms with E-state index in [1.54, 1.807) is 6.20 Å². The number of alkyl halides is 1. The van der Waals surface area contributed by atoms with Gasteiger partial charge in [-0.15, -0.1) is 11.6 Å². The summed E-state index contributed by atoms with van der Waals surface area (Å²) in [5.41, 5.74) is 0. The molecule has 78 valence electrons. The van der Waals surface area contributed by atoms with Crippen LogP contribution in [0.1, 0.15) is 13.8 Å². The third kappa shape index (κ3) is 3.14. The van der Waals surface area contributed by atoms with Crippen molar-refractivity contribution in [2.24, 2.45) is 0 Å². The second-order valence-corrected chi connectivity index (χ2v) is 4.60. The first kappa shape index (κ1) is 11.8. The topological polar surface area (TPSA) is 16.1 Å². The van der Waals surface area contributed by atoms with Crippen LogP contribution in [0.5, 0.6) is 0 Å². The molecular formula is C10H14BrClN2. The lowest BCUT2D eigenvalue weighted by atomic mass is 10.3. The summed E-state index contributed by atoms with van der Waals surface area (Å²) in [7, 11) is 0. The number of nitrogens with zero attached hydrogens (tertiary/aromatic N) is 2. The van der Waals surface area contributed by atoms with Crippen molar-refractivity contribution in [2.45, 2.75) is 19.9 Å². The Kier molecular flexibility index (Phi) is 4.69. The lowest BCUT2D eigenvalue weighted by Gasteiger charge is -2.26. The molecule has 1 aromatic heterocycles. The minimum absolute atomic E-state index is 0.419. The molecule has 14 heavy (non-hydrogen) atoms. The van der Waals surface area contributed by atoms with E-state index in [-0.39, 0.29) is 0 Å². The first-order valence-electron chi connectivity index (χ1n) is 4.59. The van der Waals surface area contributed by atoms with E-state index in [9.17, 15) is 0 Å². The van der Waals surface area contributed by atoms with Gasteiger partial charge in [-0.05, 0) is 41.9 Å². The summed E-state index contributed by atoms with van der Waals surface area (Å²) < 4.78 is 0.996. The Morgan fingerprint density at radius 2 is 2.21 bits per heavy atom. The average molecular weight is 278 g/mol. The van der Waals surface area contributed by atoms with Gasteiger partial charge in [0.1, 0.15) is 5.82 Å². The van der Waals surface area contributed by atoms with Gasteiger partial charge in [0.05, 0.1) is 0 Å². The molecule has 0 aromatic carbocycles. The van der Waals surface area contributed by atoms with E-state index in [0.717, 1.165) is 16.8 Å². The molecule has 0 bridgehead atoms. The van der Waals surface area contributed by atoms with Crippen LogP contribution in [0.4, 0.5) is 5.82 Å². The lowest BCUT2D eigenvalue weighted by molar-refractivity contribution is 0.695. The second kappa shape index (κ2) is 5.56. The summed E-state index contributed by atoms with van der Waals surface area (Å²) >= 11 is 9.11. The Labute approximate surface area is 98.4 Å². The highest BCUT2D eigenvalue weighted by Crippen LogP contribution is 2.16. The van der Waals surface area contributed by atoms with E-state index < -0.39 is 0 Å². The van der Waals surface area contributed by atoms with Gasteiger partial charge in [0.2, 0.25) is 0 Å². The van der Waals surface area contributed by atoms with Crippen molar-refractivity contribution in [3.63, 3.8) is 0 Å². The molecule has 4 heteroatoms. The summed E-state index contributed by atoms with van der Waals surface area (Å²) in [4.78, 5) is 6.52. The summed E-state index contributed by atoms with van der Waals surface area (Å²) in [6.07, 6.45) is 1.80. The Bertz CT molecular complexity index is 274. The molecule has 0 radical (unpaired) electrons. The lowest BCUT2D eigenvalue weighted by Crippen LogP contribution is -2.33. The molecule has 0 spiro atoms. The normalized spacial score (nSPS) is 10.6. The van der Waals surface area contributed by atoms with E-state index in [4.69, 9.17) is 11.6 Å². The zero-order valence-electron chi connectivity index (χ0n) is 8.37. The second-order valence-electron chi connectivity index (χ2n) is 3.31. The number of rotatable bonds is 4.